The number of urea groups is 1. The van der Waals surface area contributed by atoms with Gasteiger partial charge < -0.3 is 20.2 Å². The van der Waals surface area contributed by atoms with Crippen LogP contribution in [0.5, 0.6) is 0 Å². The van der Waals surface area contributed by atoms with Crippen molar-refractivity contribution >= 4 is 17.4 Å². The Morgan fingerprint density at radius 1 is 1.06 bits per heavy atom. The molecule has 3 aromatic rings. The van der Waals surface area contributed by atoms with E-state index >= 15 is 0 Å². The Kier molecular flexibility index (Phi) is 6.14. The summed E-state index contributed by atoms with van der Waals surface area (Å²) >= 11 is 0. The molecule has 3 atom stereocenters. The highest BCUT2D eigenvalue weighted by atomic mass is 19.1. The lowest BCUT2D eigenvalue weighted by Gasteiger charge is -2.44. The van der Waals surface area contributed by atoms with Crippen molar-refractivity contribution in [1.29, 1.82) is 0 Å². The average Bonchev–Trinajstić information content (AvgIpc) is 3.31. The highest BCUT2D eigenvalue weighted by Gasteiger charge is 2.47. The summed E-state index contributed by atoms with van der Waals surface area (Å²) in [6.45, 7) is 0.455. The van der Waals surface area contributed by atoms with Gasteiger partial charge in [-0.1, -0.05) is 24.0 Å². The highest BCUT2D eigenvalue weighted by Crippen LogP contribution is 2.48. The van der Waals surface area contributed by atoms with Gasteiger partial charge in [0.15, 0.2) is 0 Å². The largest absolute Gasteiger partial charge is 0.394 e. The lowest BCUT2D eigenvalue weighted by Crippen LogP contribution is -2.48. The van der Waals surface area contributed by atoms with E-state index in [1.807, 2.05) is 25.2 Å². The van der Waals surface area contributed by atoms with Gasteiger partial charge in [0.05, 0.1) is 24.4 Å². The molecule has 0 spiro atoms. The third kappa shape index (κ3) is 4.33. The van der Waals surface area contributed by atoms with Crippen LogP contribution in [0, 0.1) is 29.4 Å². The van der Waals surface area contributed by atoms with Crippen molar-refractivity contribution in [3.05, 3.63) is 95.1 Å². The molecule has 5 rings (SSSR count). The number of fused-ring (bicyclic) bond motifs is 3. The fourth-order valence-electron chi connectivity index (χ4n) is 5.19. The fourth-order valence-corrected chi connectivity index (χ4v) is 5.19. The molecule has 35 heavy (non-hydrogen) atoms. The number of amides is 2. The third-order valence-electron chi connectivity index (χ3n) is 6.92. The number of para-hydroxylation sites is 1. The van der Waals surface area contributed by atoms with E-state index in [2.05, 4.69) is 22.1 Å². The number of rotatable bonds is 2. The van der Waals surface area contributed by atoms with Crippen LogP contribution in [0.4, 0.5) is 25.0 Å². The molecular weight excluding hydrogens is 448 g/mol. The van der Waals surface area contributed by atoms with Crippen LogP contribution in [0.15, 0.2) is 66.7 Å². The number of halogens is 2. The Hall–Kier alpha value is -3.89. The van der Waals surface area contributed by atoms with E-state index in [1.165, 1.54) is 24.3 Å². The van der Waals surface area contributed by atoms with Crippen LogP contribution < -0.4 is 10.2 Å². The lowest BCUT2D eigenvalue weighted by molar-refractivity contribution is 0.168. The van der Waals surface area contributed by atoms with E-state index in [0.29, 0.717) is 12.1 Å². The molecule has 2 N–H and O–H groups in total. The first-order chi connectivity index (χ1) is 17.0. The van der Waals surface area contributed by atoms with Crippen LogP contribution in [0.3, 0.4) is 0 Å². The summed E-state index contributed by atoms with van der Waals surface area (Å²) in [5, 5.41) is 12.9. The lowest BCUT2D eigenvalue weighted by atomic mass is 9.81. The molecule has 2 heterocycles. The Morgan fingerprint density at radius 3 is 2.51 bits per heavy atom. The SMILES string of the molecule is CN1c2ccc(C#Cc3ccc(F)cc3)cc2[C@H]2[C@H](CCN2C(=O)Nc2ccccc2F)[C@@H]1CO. The van der Waals surface area contributed by atoms with Crippen LogP contribution >= 0.6 is 0 Å². The fraction of sp³-hybridized carbons (Fsp3) is 0.250. The summed E-state index contributed by atoms with van der Waals surface area (Å²) in [5.41, 5.74) is 3.46. The number of hydrogen-bond acceptors (Lipinski definition) is 3. The van der Waals surface area contributed by atoms with Gasteiger partial charge in [-0.3, -0.25) is 0 Å². The molecule has 1 saturated heterocycles. The molecule has 7 heteroatoms. The van der Waals surface area contributed by atoms with Gasteiger partial charge in [-0.15, -0.1) is 0 Å². The number of anilines is 2. The number of aliphatic hydroxyl groups excluding tert-OH is 1. The first kappa shape index (κ1) is 22.9. The number of carbonyl (C=O) groups excluding carboxylic acids is 1. The predicted molar refractivity (Wildman–Crippen MR) is 131 cm³/mol. The summed E-state index contributed by atoms with van der Waals surface area (Å²) in [5.74, 6) is 5.40. The number of hydrogen-bond donors (Lipinski definition) is 2. The van der Waals surface area contributed by atoms with Gasteiger partial charge in [0.25, 0.3) is 0 Å². The smallest absolute Gasteiger partial charge is 0.322 e. The second-order valence-electron chi connectivity index (χ2n) is 8.89. The van der Waals surface area contributed by atoms with Gasteiger partial charge >= 0.3 is 6.03 Å². The number of likely N-dealkylation sites (N-methyl/N-ethyl adjacent to an activating group) is 1. The monoisotopic (exact) mass is 473 g/mol. The minimum absolute atomic E-state index is 0.0178. The molecule has 5 nitrogen and oxygen atoms in total. The molecule has 1 fully saturated rings. The molecule has 2 aliphatic heterocycles. The number of likely N-dealkylation sites (tertiary alicyclic amines) is 1. The Balaban J connectivity index is 1.50. The first-order valence-corrected chi connectivity index (χ1v) is 11.5. The van der Waals surface area contributed by atoms with Gasteiger partial charge in [0.2, 0.25) is 0 Å². The number of benzene rings is 3. The molecule has 0 unspecified atom stereocenters. The molecule has 0 bridgehead atoms. The van der Waals surface area contributed by atoms with Gasteiger partial charge in [0, 0.05) is 36.3 Å². The van der Waals surface area contributed by atoms with Crippen LogP contribution in [0.2, 0.25) is 0 Å². The van der Waals surface area contributed by atoms with E-state index < -0.39 is 5.82 Å². The predicted octanol–water partition coefficient (Wildman–Crippen LogP) is 4.77. The van der Waals surface area contributed by atoms with Gasteiger partial charge in [-0.2, -0.15) is 0 Å². The Bertz CT molecular complexity index is 1320. The van der Waals surface area contributed by atoms with Crippen LogP contribution in [0.1, 0.15) is 29.2 Å². The maximum Gasteiger partial charge on any atom is 0.322 e. The number of carbonyl (C=O) groups is 1. The minimum Gasteiger partial charge on any atom is -0.394 e. The zero-order valence-corrected chi connectivity index (χ0v) is 19.2. The number of nitrogens with zero attached hydrogens (tertiary/aromatic N) is 2. The van der Waals surface area contributed by atoms with Crippen molar-refractivity contribution in [2.45, 2.75) is 18.5 Å². The van der Waals surface area contributed by atoms with Crippen LogP contribution in [0.25, 0.3) is 0 Å². The Labute approximate surface area is 203 Å². The van der Waals surface area contributed by atoms with Crippen molar-refractivity contribution in [2.24, 2.45) is 5.92 Å². The summed E-state index contributed by atoms with van der Waals surface area (Å²) in [4.78, 5) is 17.0. The molecule has 178 valence electrons. The molecule has 2 amide bonds. The summed E-state index contributed by atoms with van der Waals surface area (Å²) < 4.78 is 27.4. The molecule has 2 aliphatic rings. The zero-order valence-electron chi connectivity index (χ0n) is 19.2. The highest BCUT2D eigenvalue weighted by molar-refractivity contribution is 5.90. The quantitative estimate of drug-likeness (QED) is 0.528. The Morgan fingerprint density at radius 2 is 1.77 bits per heavy atom. The van der Waals surface area contributed by atoms with Gasteiger partial charge in [-0.05, 0) is 66.6 Å². The van der Waals surface area contributed by atoms with Crippen LogP contribution in [-0.4, -0.2) is 42.3 Å². The van der Waals surface area contributed by atoms with E-state index in [9.17, 15) is 18.7 Å². The second-order valence-corrected chi connectivity index (χ2v) is 8.89. The summed E-state index contributed by atoms with van der Waals surface area (Å²) in [6.07, 6.45) is 0.718. The topological polar surface area (TPSA) is 55.8 Å². The first-order valence-electron chi connectivity index (χ1n) is 11.5. The molecule has 0 saturated carbocycles. The van der Waals surface area contributed by atoms with Crippen molar-refractivity contribution in [3.63, 3.8) is 0 Å². The summed E-state index contributed by atoms with van der Waals surface area (Å²) in [7, 11) is 1.95. The molecule has 0 aromatic heterocycles. The maximum atomic E-state index is 14.2. The van der Waals surface area contributed by atoms with E-state index in [4.69, 9.17) is 0 Å². The molecule has 0 radical (unpaired) electrons. The van der Waals surface area contributed by atoms with E-state index in [0.717, 1.165) is 23.2 Å². The maximum absolute atomic E-state index is 14.2. The summed E-state index contributed by atoms with van der Waals surface area (Å²) in [6, 6.07) is 17.1. The molecule has 0 aliphatic carbocycles. The zero-order chi connectivity index (χ0) is 24.5. The van der Waals surface area contributed by atoms with E-state index in [-0.39, 0.29) is 42.1 Å². The van der Waals surface area contributed by atoms with E-state index in [1.54, 1.807) is 29.2 Å². The minimum atomic E-state index is -0.494. The van der Waals surface area contributed by atoms with Gasteiger partial charge in [0.1, 0.15) is 11.6 Å². The number of nitrogens with one attached hydrogen (secondary N) is 1. The average molecular weight is 474 g/mol. The molecular formula is C28H25F2N3O2. The third-order valence-corrected chi connectivity index (χ3v) is 6.92. The van der Waals surface area contributed by atoms with Crippen molar-refractivity contribution in [2.75, 3.05) is 30.4 Å². The van der Waals surface area contributed by atoms with Crippen LogP contribution in [-0.2, 0) is 0 Å². The molecule has 3 aromatic carbocycles. The standard InChI is InChI=1S/C28H25F2N3O2/c1-32-25-13-10-19(7-6-18-8-11-20(29)12-9-18)16-22(25)27-21(26(32)17-34)14-15-33(27)28(35)31-24-5-3-2-4-23(24)30/h2-5,8-13,16,21,26-27,34H,14-15,17H2,1H3,(H,31,35)/t21-,26+,27-/m1/s1. The van der Waals surface area contributed by atoms with Gasteiger partial charge in [-0.25, -0.2) is 13.6 Å². The second kappa shape index (κ2) is 9.40. The number of aliphatic hydroxyl groups is 1. The van der Waals surface area contributed by atoms with Crippen molar-refractivity contribution < 1.29 is 18.7 Å². The normalized spacial score (nSPS) is 20.5. The van der Waals surface area contributed by atoms with Crippen molar-refractivity contribution in [1.82, 2.24) is 4.90 Å². The van der Waals surface area contributed by atoms with Crippen molar-refractivity contribution in [3.8, 4) is 11.8 Å².